The van der Waals surface area contributed by atoms with Crippen LogP contribution in [0.25, 0.3) is 0 Å². The lowest BCUT2D eigenvalue weighted by Crippen LogP contribution is -2.34. The van der Waals surface area contributed by atoms with Crippen molar-refractivity contribution in [3.8, 4) is 0 Å². The van der Waals surface area contributed by atoms with Crippen molar-refractivity contribution >= 4 is 46.5 Å². The number of carbonyl (C=O) groups excluding carboxylic acids is 2. The fraction of sp³-hybridized carbons (Fsp3) is 0.375. The molecule has 0 bridgehead atoms. The molecular weight excluding hydrogens is 435 g/mol. The van der Waals surface area contributed by atoms with Crippen LogP contribution in [0.2, 0.25) is 10.0 Å². The van der Waals surface area contributed by atoms with Crippen molar-refractivity contribution in [2.45, 2.75) is 47.1 Å². The van der Waals surface area contributed by atoms with E-state index in [1.54, 1.807) is 19.1 Å². The molecular formula is C24H26Cl2N2O3. The Hall–Kier alpha value is -2.37. The number of nitrogens with one attached hydrogen (secondary N) is 1. The quantitative estimate of drug-likeness (QED) is 0.561. The Morgan fingerprint density at radius 3 is 2.55 bits per heavy atom. The highest BCUT2D eigenvalue weighted by Crippen LogP contribution is 2.34. The molecule has 0 radical (unpaired) electrons. The van der Waals surface area contributed by atoms with Crippen LogP contribution in [0, 0.1) is 5.41 Å². The van der Waals surface area contributed by atoms with E-state index in [2.05, 4.69) is 5.32 Å². The molecule has 0 saturated heterocycles. The van der Waals surface area contributed by atoms with Crippen LogP contribution in [-0.4, -0.2) is 24.2 Å². The van der Waals surface area contributed by atoms with Crippen molar-refractivity contribution < 1.29 is 14.3 Å². The summed E-state index contributed by atoms with van der Waals surface area (Å²) in [6.07, 6.45) is 1.21. The highest BCUT2D eigenvalue weighted by atomic mass is 35.5. The highest BCUT2D eigenvalue weighted by molar-refractivity contribution is 6.34. The summed E-state index contributed by atoms with van der Waals surface area (Å²) in [6, 6.07) is 9.20. The van der Waals surface area contributed by atoms with E-state index in [0.717, 1.165) is 28.1 Å². The number of esters is 1. The summed E-state index contributed by atoms with van der Waals surface area (Å²) in [7, 11) is 0. The first-order chi connectivity index (χ1) is 14.6. The van der Waals surface area contributed by atoms with Gasteiger partial charge < -0.3 is 10.1 Å². The Labute approximate surface area is 192 Å². The van der Waals surface area contributed by atoms with Gasteiger partial charge in [-0.2, -0.15) is 0 Å². The van der Waals surface area contributed by atoms with Gasteiger partial charge in [0.2, 0.25) is 5.91 Å². The molecule has 0 fully saturated rings. The molecule has 31 heavy (non-hydrogen) atoms. The van der Waals surface area contributed by atoms with Gasteiger partial charge in [0.1, 0.15) is 0 Å². The van der Waals surface area contributed by atoms with E-state index in [1.807, 2.05) is 39.0 Å². The van der Waals surface area contributed by atoms with E-state index >= 15 is 0 Å². The number of carbonyl (C=O) groups is 2. The lowest BCUT2D eigenvalue weighted by Gasteiger charge is -2.18. The van der Waals surface area contributed by atoms with Crippen LogP contribution in [-0.2, 0) is 28.9 Å². The first kappa shape index (κ1) is 23.3. The smallest absolute Gasteiger partial charge is 0.339 e. The van der Waals surface area contributed by atoms with Crippen molar-refractivity contribution in [3.63, 3.8) is 0 Å². The molecule has 0 unspecified atom stereocenters. The maximum atomic E-state index is 12.1. The molecule has 5 nitrogen and oxygen atoms in total. The molecule has 0 atom stereocenters. The molecule has 1 amide bonds. The van der Waals surface area contributed by atoms with Crippen LogP contribution in [0.5, 0.6) is 0 Å². The van der Waals surface area contributed by atoms with Crippen molar-refractivity contribution in [2.75, 3.05) is 6.61 Å². The van der Waals surface area contributed by atoms with Crippen LogP contribution in [0.3, 0.4) is 0 Å². The van der Waals surface area contributed by atoms with Crippen molar-refractivity contribution in [1.82, 2.24) is 5.32 Å². The number of fused-ring (bicyclic) bond motifs is 1. The first-order valence-corrected chi connectivity index (χ1v) is 11.0. The van der Waals surface area contributed by atoms with Crippen molar-refractivity contribution in [2.24, 2.45) is 10.4 Å². The van der Waals surface area contributed by atoms with Crippen LogP contribution >= 0.6 is 23.2 Å². The zero-order valence-electron chi connectivity index (χ0n) is 18.1. The third-order valence-electron chi connectivity index (χ3n) is 4.98. The van der Waals surface area contributed by atoms with Gasteiger partial charge in [0.05, 0.1) is 22.9 Å². The van der Waals surface area contributed by atoms with Gasteiger partial charge in [0, 0.05) is 35.5 Å². The third kappa shape index (κ3) is 5.66. The second-order valence-corrected chi connectivity index (χ2v) is 9.39. The molecule has 1 N–H and O–H groups in total. The monoisotopic (exact) mass is 460 g/mol. The molecule has 0 saturated carbocycles. The molecule has 1 aliphatic heterocycles. The molecule has 2 aromatic rings. The summed E-state index contributed by atoms with van der Waals surface area (Å²) >= 11 is 12.7. The fourth-order valence-corrected chi connectivity index (χ4v) is 3.73. The van der Waals surface area contributed by atoms with Crippen molar-refractivity contribution in [1.29, 1.82) is 0 Å². The van der Waals surface area contributed by atoms with Gasteiger partial charge in [0.25, 0.3) is 0 Å². The molecule has 0 aliphatic carbocycles. The average molecular weight is 461 g/mol. The second-order valence-electron chi connectivity index (χ2n) is 8.57. The summed E-state index contributed by atoms with van der Waals surface area (Å²) in [5, 5.41) is 3.97. The SMILES string of the molecule is CCOC(=O)c1cc2c(cc1Cl)CC(Cc1cc(CNC(=O)C(C)(C)C)ccc1Cl)=N2. The van der Waals surface area contributed by atoms with Crippen LogP contribution < -0.4 is 5.32 Å². The number of hydrogen-bond acceptors (Lipinski definition) is 4. The number of amides is 1. The first-order valence-electron chi connectivity index (χ1n) is 10.2. The molecule has 1 heterocycles. The third-order valence-corrected chi connectivity index (χ3v) is 5.66. The minimum Gasteiger partial charge on any atom is -0.462 e. The zero-order valence-corrected chi connectivity index (χ0v) is 19.7. The number of nitrogens with zero attached hydrogens (tertiary/aromatic N) is 1. The van der Waals surface area contributed by atoms with Gasteiger partial charge in [-0.25, -0.2) is 4.79 Å². The molecule has 3 rings (SSSR count). The summed E-state index contributed by atoms with van der Waals surface area (Å²) in [4.78, 5) is 28.9. The predicted molar refractivity (Wildman–Crippen MR) is 125 cm³/mol. The molecule has 7 heteroatoms. The van der Waals surface area contributed by atoms with Crippen molar-refractivity contribution in [3.05, 3.63) is 62.6 Å². The lowest BCUT2D eigenvalue weighted by molar-refractivity contribution is -0.128. The Morgan fingerprint density at radius 2 is 1.87 bits per heavy atom. The van der Waals surface area contributed by atoms with E-state index in [4.69, 9.17) is 32.9 Å². The van der Waals surface area contributed by atoms with Gasteiger partial charge in [-0.15, -0.1) is 0 Å². The van der Waals surface area contributed by atoms with Gasteiger partial charge in [-0.05, 0) is 41.8 Å². The normalized spacial score (nSPS) is 12.9. The number of halogens is 2. The van der Waals surface area contributed by atoms with Gasteiger partial charge >= 0.3 is 5.97 Å². The van der Waals surface area contributed by atoms with Gasteiger partial charge in [-0.3, -0.25) is 9.79 Å². The molecule has 0 spiro atoms. The number of rotatable bonds is 6. The topological polar surface area (TPSA) is 67.8 Å². The Bertz CT molecular complexity index is 1060. The fourth-order valence-electron chi connectivity index (χ4n) is 3.29. The summed E-state index contributed by atoms with van der Waals surface area (Å²) in [5.74, 6) is -0.458. The summed E-state index contributed by atoms with van der Waals surface area (Å²) in [6.45, 7) is 8.11. The van der Waals surface area contributed by atoms with Crippen LogP contribution in [0.4, 0.5) is 5.69 Å². The maximum Gasteiger partial charge on any atom is 0.339 e. The van der Waals surface area contributed by atoms with Crippen LogP contribution in [0.15, 0.2) is 35.3 Å². The zero-order chi connectivity index (χ0) is 22.8. The molecule has 1 aliphatic rings. The molecule has 0 aromatic heterocycles. The highest BCUT2D eigenvalue weighted by Gasteiger charge is 2.22. The number of benzene rings is 2. The maximum absolute atomic E-state index is 12.1. The molecule has 2 aromatic carbocycles. The summed E-state index contributed by atoms with van der Waals surface area (Å²) < 4.78 is 5.06. The standard InChI is InChI=1S/C24H26Cl2N2O3/c1-5-31-22(29)18-12-21-16(11-20(18)26)10-17(28-21)9-15-8-14(6-7-19(15)25)13-27-23(30)24(2,3)4/h6-8,11-12H,5,9-10,13H2,1-4H3,(H,27,30). The minimum absolute atomic E-state index is 0.00565. The van der Waals surface area contributed by atoms with Crippen LogP contribution in [0.1, 0.15) is 54.7 Å². The lowest BCUT2D eigenvalue weighted by atomic mass is 9.95. The average Bonchev–Trinajstić information content (AvgIpc) is 3.08. The molecule has 164 valence electrons. The minimum atomic E-state index is -0.452. The number of ether oxygens (including phenoxy) is 1. The Balaban J connectivity index is 1.75. The van der Waals surface area contributed by atoms with E-state index in [9.17, 15) is 9.59 Å². The second kappa shape index (κ2) is 9.41. The predicted octanol–water partition coefficient (Wildman–Crippen LogP) is 5.70. The largest absolute Gasteiger partial charge is 0.462 e. The Kier molecular flexibility index (Phi) is 7.07. The van der Waals surface area contributed by atoms with Gasteiger partial charge in [0.15, 0.2) is 0 Å². The Morgan fingerprint density at radius 1 is 1.13 bits per heavy atom. The number of aliphatic imine (C=N–C) groups is 1. The number of hydrogen-bond donors (Lipinski definition) is 1. The van der Waals surface area contributed by atoms with E-state index in [0.29, 0.717) is 35.0 Å². The van der Waals surface area contributed by atoms with E-state index < -0.39 is 11.4 Å². The summed E-state index contributed by atoms with van der Waals surface area (Å²) in [5.41, 5.74) is 4.42. The van der Waals surface area contributed by atoms with E-state index in [1.165, 1.54) is 0 Å². The van der Waals surface area contributed by atoms with E-state index in [-0.39, 0.29) is 12.5 Å². The van der Waals surface area contributed by atoms with Gasteiger partial charge in [-0.1, -0.05) is 56.1 Å².